The molecule has 3 rings (SSSR count). The largest absolute Gasteiger partial charge is 0.336 e. The van der Waals surface area contributed by atoms with Crippen molar-refractivity contribution in [2.75, 3.05) is 13.1 Å². The quantitative estimate of drug-likeness (QED) is 0.846. The molecule has 0 spiro atoms. The van der Waals surface area contributed by atoms with Crippen LogP contribution in [0.1, 0.15) is 25.5 Å². The summed E-state index contributed by atoms with van der Waals surface area (Å²) in [6, 6.07) is 1.60. The molecule has 0 bridgehead atoms. The van der Waals surface area contributed by atoms with E-state index in [0.29, 0.717) is 35.8 Å². The van der Waals surface area contributed by atoms with Crippen molar-refractivity contribution in [3.05, 3.63) is 18.0 Å². The van der Waals surface area contributed by atoms with Gasteiger partial charge in [0.25, 0.3) is 5.71 Å². The topological polar surface area (TPSA) is 76.3 Å². The number of rotatable bonds is 2. The van der Waals surface area contributed by atoms with Crippen molar-refractivity contribution >= 4 is 21.1 Å². The van der Waals surface area contributed by atoms with Crippen LogP contribution in [0.4, 0.5) is 0 Å². The third kappa shape index (κ3) is 2.20. The molecule has 2 aromatic heterocycles. The monoisotopic (exact) mass is 295 g/mol. The molecule has 20 heavy (non-hydrogen) atoms. The number of piperidine rings is 1. The smallest absolute Gasteiger partial charge is 0.257 e. The number of aryl methyl sites for hydroxylation is 1. The molecular formula is C13H17N3O3S. The van der Waals surface area contributed by atoms with Gasteiger partial charge in [-0.3, -0.25) is 0 Å². The minimum absolute atomic E-state index is 0.213. The highest BCUT2D eigenvalue weighted by atomic mass is 32.2. The average molecular weight is 295 g/mol. The second kappa shape index (κ2) is 4.82. The van der Waals surface area contributed by atoms with Gasteiger partial charge in [-0.15, -0.1) is 0 Å². The van der Waals surface area contributed by atoms with E-state index in [-0.39, 0.29) is 4.90 Å². The zero-order valence-electron chi connectivity index (χ0n) is 11.5. The Kier molecular flexibility index (Phi) is 3.25. The molecule has 0 saturated carbocycles. The Hall–Kier alpha value is -1.47. The molecule has 0 radical (unpaired) electrons. The SMILES string of the molecule is Cc1noc2ncc(S(=O)(=O)N3CCCC(C)C3)cc12. The van der Waals surface area contributed by atoms with Crippen molar-refractivity contribution < 1.29 is 12.9 Å². The maximum absolute atomic E-state index is 12.6. The molecule has 2 aromatic rings. The third-order valence-electron chi connectivity index (χ3n) is 3.74. The highest BCUT2D eigenvalue weighted by Crippen LogP contribution is 2.25. The molecule has 108 valence electrons. The highest BCUT2D eigenvalue weighted by molar-refractivity contribution is 7.89. The molecule has 0 aliphatic carbocycles. The predicted molar refractivity (Wildman–Crippen MR) is 73.7 cm³/mol. The number of hydrogen-bond donors (Lipinski definition) is 0. The molecular weight excluding hydrogens is 278 g/mol. The van der Waals surface area contributed by atoms with E-state index in [2.05, 4.69) is 17.1 Å². The van der Waals surface area contributed by atoms with Crippen molar-refractivity contribution in [2.45, 2.75) is 31.6 Å². The van der Waals surface area contributed by atoms with Crippen molar-refractivity contribution in [1.82, 2.24) is 14.4 Å². The first-order valence-electron chi connectivity index (χ1n) is 6.70. The fraction of sp³-hybridized carbons (Fsp3) is 0.538. The van der Waals surface area contributed by atoms with Gasteiger partial charge in [0.05, 0.1) is 17.3 Å². The molecule has 3 heterocycles. The molecule has 0 aromatic carbocycles. The lowest BCUT2D eigenvalue weighted by atomic mass is 10.0. The lowest BCUT2D eigenvalue weighted by Gasteiger charge is -2.29. The van der Waals surface area contributed by atoms with Crippen LogP contribution in [0.25, 0.3) is 11.1 Å². The van der Waals surface area contributed by atoms with Gasteiger partial charge in [0.1, 0.15) is 4.90 Å². The maximum Gasteiger partial charge on any atom is 0.257 e. The summed E-state index contributed by atoms with van der Waals surface area (Å²) in [5.41, 5.74) is 1.02. The Balaban J connectivity index is 2.02. The van der Waals surface area contributed by atoms with Gasteiger partial charge < -0.3 is 4.52 Å². The van der Waals surface area contributed by atoms with Gasteiger partial charge >= 0.3 is 0 Å². The van der Waals surface area contributed by atoms with E-state index < -0.39 is 10.0 Å². The summed E-state index contributed by atoms with van der Waals surface area (Å²) < 4.78 is 31.8. The van der Waals surface area contributed by atoms with Crippen molar-refractivity contribution in [3.8, 4) is 0 Å². The van der Waals surface area contributed by atoms with E-state index >= 15 is 0 Å². The van der Waals surface area contributed by atoms with E-state index in [9.17, 15) is 8.42 Å². The maximum atomic E-state index is 12.6. The predicted octanol–water partition coefficient (Wildman–Crippen LogP) is 1.95. The summed E-state index contributed by atoms with van der Waals surface area (Å²) >= 11 is 0. The Morgan fingerprint density at radius 1 is 1.45 bits per heavy atom. The number of aromatic nitrogens is 2. The van der Waals surface area contributed by atoms with Crippen LogP contribution in [0.5, 0.6) is 0 Å². The third-order valence-corrected chi connectivity index (χ3v) is 5.57. The van der Waals surface area contributed by atoms with Gasteiger partial charge in [0, 0.05) is 13.1 Å². The summed E-state index contributed by atoms with van der Waals surface area (Å²) in [4.78, 5) is 4.26. The van der Waals surface area contributed by atoms with Crippen molar-refractivity contribution in [3.63, 3.8) is 0 Å². The Morgan fingerprint density at radius 2 is 2.25 bits per heavy atom. The number of pyridine rings is 1. The van der Waals surface area contributed by atoms with Gasteiger partial charge in [-0.2, -0.15) is 4.31 Å². The molecule has 0 N–H and O–H groups in total. The molecule has 7 heteroatoms. The molecule has 1 aliphatic rings. The Labute approximate surface area is 117 Å². The Bertz CT molecular complexity index is 738. The summed E-state index contributed by atoms with van der Waals surface area (Å²) in [6.45, 7) is 5.00. The van der Waals surface area contributed by atoms with Gasteiger partial charge in [0.2, 0.25) is 10.0 Å². The number of nitrogens with zero attached hydrogens (tertiary/aromatic N) is 3. The molecule has 1 aliphatic heterocycles. The fourth-order valence-corrected chi connectivity index (χ4v) is 4.15. The summed E-state index contributed by atoms with van der Waals surface area (Å²) in [6.07, 6.45) is 3.33. The van der Waals surface area contributed by atoms with E-state index in [0.717, 1.165) is 12.8 Å². The summed E-state index contributed by atoms with van der Waals surface area (Å²) in [5.74, 6) is 0.396. The zero-order valence-corrected chi connectivity index (χ0v) is 12.4. The number of sulfonamides is 1. The second-order valence-corrected chi connectivity index (χ2v) is 7.34. The molecule has 0 amide bonds. The van der Waals surface area contributed by atoms with Crippen LogP contribution in [-0.2, 0) is 10.0 Å². The lowest BCUT2D eigenvalue weighted by Crippen LogP contribution is -2.39. The number of fused-ring (bicyclic) bond motifs is 1. The van der Waals surface area contributed by atoms with Crippen LogP contribution in [0.2, 0.25) is 0 Å². The van der Waals surface area contributed by atoms with Crippen LogP contribution in [0.3, 0.4) is 0 Å². The number of hydrogen-bond acceptors (Lipinski definition) is 5. The average Bonchev–Trinajstić information content (AvgIpc) is 2.80. The van der Waals surface area contributed by atoms with Crippen LogP contribution >= 0.6 is 0 Å². The van der Waals surface area contributed by atoms with E-state index in [4.69, 9.17) is 4.52 Å². The van der Waals surface area contributed by atoms with Crippen LogP contribution in [0, 0.1) is 12.8 Å². The first-order valence-corrected chi connectivity index (χ1v) is 8.14. The van der Waals surface area contributed by atoms with Gasteiger partial charge in [-0.1, -0.05) is 12.1 Å². The molecule has 1 saturated heterocycles. The minimum atomic E-state index is -3.48. The molecule has 1 atom stereocenters. The second-order valence-electron chi connectivity index (χ2n) is 5.40. The van der Waals surface area contributed by atoms with Gasteiger partial charge in [-0.05, 0) is 31.7 Å². The lowest BCUT2D eigenvalue weighted by molar-refractivity contribution is 0.281. The first-order chi connectivity index (χ1) is 9.48. The molecule has 6 nitrogen and oxygen atoms in total. The normalized spacial score (nSPS) is 21.4. The van der Waals surface area contributed by atoms with E-state index in [1.165, 1.54) is 6.20 Å². The van der Waals surface area contributed by atoms with Crippen LogP contribution < -0.4 is 0 Å². The fourth-order valence-electron chi connectivity index (χ4n) is 2.58. The minimum Gasteiger partial charge on any atom is -0.336 e. The van der Waals surface area contributed by atoms with E-state index in [1.807, 2.05) is 0 Å². The Morgan fingerprint density at radius 3 is 3.00 bits per heavy atom. The zero-order chi connectivity index (χ0) is 14.3. The van der Waals surface area contributed by atoms with Gasteiger partial charge in [-0.25, -0.2) is 13.4 Å². The van der Waals surface area contributed by atoms with Crippen LogP contribution in [-0.4, -0.2) is 36.0 Å². The first kappa shape index (κ1) is 13.5. The van der Waals surface area contributed by atoms with Crippen molar-refractivity contribution in [1.29, 1.82) is 0 Å². The summed E-state index contributed by atoms with van der Waals surface area (Å²) in [5, 5.41) is 4.45. The highest BCUT2D eigenvalue weighted by Gasteiger charge is 2.29. The molecule has 1 fully saturated rings. The van der Waals surface area contributed by atoms with Crippen molar-refractivity contribution in [2.24, 2.45) is 5.92 Å². The van der Waals surface area contributed by atoms with E-state index in [1.54, 1.807) is 17.3 Å². The standard InChI is InChI=1S/C13H17N3O3S/c1-9-4-3-5-16(8-9)20(17,18)11-6-12-10(2)15-19-13(12)14-7-11/h6-7,9H,3-5,8H2,1-2H3. The van der Waals surface area contributed by atoms with Crippen LogP contribution in [0.15, 0.2) is 21.7 Å². The van der Waals surface area contributed by atoms with Gasteiger partial charge in [0.15, 0.2) is 0 Å². The summed E-state index contributed by atoms with van der Waals surface area (Å²) in [7, 11) is -3.48. The molecule has 1 unspecified atom stereocenters.